The van der Waals surface area contributed by atoms with Crippen molar-refractivity contribution < 1.29 is 4.79 Å². The van der Waals surface area contributed by atoms with Crippen molar-refractivity contribution in [2.45, 2.75) is 13.8 Å². The van der Waals surface area contributed by atoms with Crippen molar-refractivity contribution in [1.29, 1.82) is 0 Å². The van der Waals surface area contributed by atoms with E-state index in [2.05, 4.69) is 19.9 Å². The minimum Gasteiger partial charge on any atom is -0.311 e. The van der Waals surface area contributed by atoms with Gasteiger partial charge >= 0.3 is 0 Å². The molecule has 0 spiro atoms. The molecule has 0 aliphatic heterocycles. The Bertz CT molecular complexity index is 759. The van der Waals surface area contributed by atoms with Crippen molar-refractivity contribution in [3.63, 3.8) is 0 Å². The molecule has 0 aliphatic rings. The van der Waals surface area contributed by atoms with Gasteiger partial charge in [0.1, 0.15) is 5.00 Å². The van der Waals surface area contributed by atoms with Crippen LogP contribution in [-0.4, -0.2) is 20.5 Å². The molecule has 1 amide bonds. The maximum absolute atomic E-state index is 12.2. The number of rotatable bonds is 2. The highest BCUT2D eigenvalue weighted by molar-refractivity contribution is 7.10. The number of amides is 1. The van der Waals surface area contributed by atoms with Crippen LogP contribution in [0.25, 0.3) is 10.9 Å². The van der Waals surface area contributed by atoms with Crippen molar-refractivity contribution >= 4 is 33.3 Å². The lowest BCUT2D eigenvalue weighted by molar-refractivity contribution is 0.102. The van der Waals surface area contributed by atoms with Gasteiger partial charge in [-0.3, -0.25) is 9.89 Å². The highest BCUT2D eigenvalue weighted by atomic mass is 32.1. The van der Waals surface area contributed by atoms with Crippen LogP contribution >= 0.6 is 11.5 Å². The van der Waals surface area contributed by atoms with Gasteiger partial charge in [0, 0.05) is 5.39 Å². The zero-order valence-electron chi connectivity index (χ0n) is 10.5. The van der Waals surface area contributed by atoms with Gasteiger partial charge in [-0.05, 0) is 43.6 Å². The monoisotopic (exact) mass is 272 g/mol. The number of carbonyl (C=O) groups is 1. The second-order valence-electron chi connectivity index (χ2n) is 4.41. The number of benzene rings is 1. The van der Waals surface area contributed by atoms with Crippen molar-refractivity contribution in [2.75, 3.05) is 5.32 Å². The van der Waals surface area contributed by atoms with E-state index in [0.29, 0.717) is 5.69 Å². The summed E-state index contributed by atoms with van der Waals surface area (Å²) < 4.78 is 4.13. The van der Waals surface area contributed by atoms with Crippen LogP contribution in [0.1, 0.15) is 21.7 Å². The first kappa shape index (κ1) is 11.9. The van der Waals surface area contributed by atoms with E-state index in [1.807, 2.05) is 38.1 Å². The smallest absolute Gasteiger partial charge is 0.277 e. The standard InChI is InChI=1S/C13H12N4OS/c1-7-3-4-10-9(5-7)12(16-15-10)13(18)14-11-6-8(2)17-19-11/h3-6H,1-2H3,(H,14,18)(H,15,16). The predicted octanol–water partition coefficient (Wildman–Crippen LogP) is 2.89. The molecule has 0 atom stereocenters. The summed E-state index contributed by atoms with van der Waals surface area (Å²) in [4.78, 5) is 12.2. The van der Waals surface area contributed by atoms with Crippen molar-refractivity contribution in [3.05, 3.63) is 41.2 Å². The van der Waals surface area contributed by atoms with Gasteiger partial charge in [-0.25, -0.2) is 0 Å². The van der Waals surface area contributed by atoms with Gasteiger partial charge in [-0.15, -0.1) is 0 Å². The van der Waals surface area contributed by atoms with Crippen LogP contribution in [-0.2, 0) is 0 Å². The van der Waals surface area contributed by atoms with Crippen LogP contribution in [0, 0.1) is 13.8 Å². The average molecular weight is 272 g/mol. The summed E-state index contributed by atoms with van der Waals surface area (Å²) in [6.07, 6.45) is 0. The highest BCUT2D eigenvalue weighted by Gasteiger charge is 2.15. The highest BCUT2D eigenvalue weighted by Crippen LogP contribution is 2.20. The first-order valence-corrected chi connectivity index (χ1v) is 6.60. The van der Waals surface area contributed by atoms with Gasteiger partial charge in [0.25, 0.3) is 5.91 Å². The molecule has 3 rings (SSSR count). The summed E-state index contributed by atoms with van der Waals surface area (Å²) in [7, 11) is 0. The molecular formula is C13H12N4OS. The molecule has 6 heteroatoms. The first-order chi connectivity index (χ1) is 9.13. The topological polar surface area (TPSA) is 70.7 Å². The van der Waals surface area contributed by atoms with Crippen LogP contribution in [0.5, 0.6) is 0 Å². The minimum absolute atomic E-state index is 0.222. The van der Waals surface area contributed by atoms with E-state index in [0.717, 1.165) is 27.2 Å². The van der Waals surface area contributed by atoms with Crippen LogP contribution in [0.2, 0.25) is 0 Å². The zero-order valence-corrected chi connectivity index (χ0v) is 11.3. The summed E-state index contributed by atoms with van der Waals surface area (Å²) in [5.74, 6) is -0.222. The van der Waals surface area contributed by atoms with Crippen molar-refractivity contribution in [2.24, 2.45) is 0 Å². The fraction of sp³-hybridized carbons (Fsp3) is 0.154. The largest absolute Gasteiger partial charge is 0.311 e. The van der Waals surface area contributed by atoms with E-state index in [1.54, 1.807) is 0 Å². The average Bonchev–Trinajstić information content (AvgIpc) is 2.95. The number of hydrogen-bond acceptors (Lipinski definition) is 4. The maximum atomic E-state index is 12.2. The van der Waals surface area contributed by atoms with Gasteiger partial charge in [0.15, 0.2) is 5.69 Å². The van der Waals surface area contributed by atoms with Gasteiger partial charge in [0.05, 0.1) is 11.2 Å². The molecule has 3 aromatic rings. The third kappa shape index (κ3) is 2.22. The molecule has 2 N–H and O–H groups in total. The Hall–Kier alpha value is -2.21. The number of H-pyrrole nitrogens is 1. The predicted molar refractivity (Wildman–Crippen MR) is 75.6 cm³/mol. The fourth-order valence-electron chi connectivity index (χ4n) is 1.89. The number of hydrogen-bond donors (Lipinski definition) is 2. The Morgan fingerprint density at radius 1 is 1.32 bits per heavy atom. The van der Waals surface area contributed by atoms with Crippen molar-refractivity contribution in [1.82, 2.24) is 14.6 Å². The van der Waals surface area contributed by atoms with Crippen LogP contribution in [0.4, 0.5) is 5.00 Å². The van der Waals surface area contributed by atoms with E-state index in [1.165, 1.54) is 11.5 Å². The number of anilines is 1. The molecule has 0 fully saturated rings. The number of nitrogens with zero attached hydrogens (tertiary/aromatic N) is 2. The number of aryl methyl sites for hydroxylation is 2. The molecule has 19 heavy (non-hydrogen) atoms. The van der Waals surface area contributed by atoms with Crippen molar-refractivity contribution in [3.8, 4) is 0 Å². The van der Waals surface area contributed by atoms with E-state index < -0.39 is 0 Å². The Morgan fingerprint density at radius 3 is 2.89 bits per heavy atom. The normalized spacial score (nSPS) is 10.8. The lowest BCUT2D eigenvalue weighted by atomic mass is 10.1. The molecular weight excluding hydrogens is 260 g/mol. The van der Waals surface area contributed by atoms with Gasteiger partial charge in [-0.1, -0.05) is 11.6 Å². The molecule has 0 radical (unpaired) electrons. The third-order valence-electron chi connectivity index (χ3n) is 2.80. The molecule has 2 heterocycles. The Balaban J connectivity index is 1.95. The van der Waals surface area contributed by atoms with Gasteiger partial charge < -0.3 is 5.32 Å². The van der Waals surface area contributed by atoms with E-state index in [9.17, 15) is 4.79 Å². The first-order valence-electron chi connectivity index (χ1n) is 5.83. The summed E-state index contributed by atoms with van der Waals surface area (Å²) in [5, 5.41) is 11.3. The molecule has 96 valence electrons. The lowest BCUT2D eigenvalue weighted by Gasteiger charge is -1.99. The Morgan fingerprint density at radius 2 is 2.16 bits per heavy atom. The van der Waals surface area contributed by atoms with Crippen LogP contribution < -0.4 is 5.32 Å². The molecule has 1 aromatic carbocycles. The minimum atomic E-state index is -0.222. The Labute approximate surface area is 113 Å². The quantitative estimate of drug-likeness (QED) is 0.753. The molecule has 0 saturated carbocycles. The summed E-state index contributed by atoms with van der Waals surface area (Å²) in [6, 6.07) is 7.69. The lowest BCUT2D eigenvalue weighted by Crippen LogP contribution is -2.11. The zero-order chi connectivity index (χ0) is 13.4. The van der Waals surface area contributed by atoms with Crippen LogP contribution in [0.15, 0.2) is 24.3 Å². The number of fused-ring (bicyclic) bond motifs is 1. The number of aromatic nitrogens is 3. The number of aromatic amines is 1. The maximum Gasteiger partial charge on any atom is 0.277 e. The van der Waals surface area contributed by atoms with Gasteiger partial charge in [0.2, 0.25) is 0 Å². The van der Waals surface area contributed by atoms with Crippen LogP contribution in [0.3, 0.4) is 0 Å². The SMILES string of the molecule is Cc1ccc2[nH]nc(C(=O)Nc3cc(C)ns3)c2c1. The van der Waals surface area contributed by atoms with E-state index in [4.69, 9.17) is 0 Å². The number of nitrogens with one attached hydrogen (secondary N) is 2. The molecule has 5 nitrogen and oxygen atoms in total. The molecule has 0 saturated heterocycles. The molecule has 0 aliphatic carbocycles. The summed E-state index contributed by atoms with van der Waals surface area (Å²) in [6.45, 7) is 3.88. The summed E-state index contributed by atoms with van der Waals surface area (Å²) in [5.41, 5.74) is 3.25. The molecule has 2 aromatic heterocycles. The Kier molecular flexibility index (Phi) is 2.79. The second-order valence-corrected chi connectivity index (χ2v) is 5.21. The van der Waals surface area contributed by atoms with Gasteiger partial charge in [-0.2, -0.15) is 9.47 Å². The molecule has 0 bridgehead atoms. The van der Waals surface area contributed by atoms with E-state index >= 15 is 0 Å². The van der Waals surface area contributed by atoms with E-state index in [-0.39, 0.29) is 5.91 Å². The second kappa shape index (κ2) is 4.47. The third-order valence-corrected chi connectivity index (χ3v) is 3.59. The fourth-order valence-corrected chi connectivity index (χ4v) is 2.55. The number of carbonyl (C=O) groups excluding carboxylic acids is 1. The summed E-state index contributed by atoms with van der Waals surface area (Å²) >= 11 is 1.26. The molecule has 0 unspecified atom stereocenters.